The fourth-order valence-corrected chi connectivity index (χ4v) is 5.06. The number of rotatable bonds is 4. The van der Waals surface area contributed by atoms with Gasteiger partial charge in [-0.05, 0) is 42.2 Å². The first-order valence-electron chi connectivity index (χ1n) is 8.51. The van der Waals surface area contributed by atoms with Crippen LogP contribution in [-0.2, 0) is 10.0 Å². The van der Waals surface area contributed by atoms with E-state index >= 15 is 0 Å². The zero-order valence-electron chi connectivity index (χ0n) is 13.8. The van der Waals surface area contributed by atoms with E-state index in [1.165, 1.54) is 16.4 Å². The molecule has 26 heavy (non-hydrogen) atoms. The molecule has 132 valence electrons. The van der Waals surface area contributed by atoms with Gasteiger partial charge in [-0.2, -0.15) is 13.1 Å². The predicted molar refractivity (Wildman–Crippen MR) is 96.5 cm³/mol. The summed E-state index contributed by atoms with van der Waals surface area (Å²) >= 11 is 0. The molecule has 3 heterocycles. The number of hydrogen-bond acceptors (Lipinski definition) is 5. The topological polar surface area (TPSA) is 88.9 Å². The van der Waals surface area contributed by atoms with Crippen molar-refractivity contribution in [2.24, 2.45) is 0 Å². The molecule has 2 unspecified atom stereocenters. The molecule has 0 saturated carbocycles. The molecule has 0 radical (unpaired) electrons. The van der Waals surface area contributed by atoms with Crippen LogP contribution in [0.2, 0.25) is 0 Å². The number of para-hydroxylation sites is 1. The van der Waals surface area contributed by atoms with Crippen LogP contribution in [0.25, 0.3) is 5.69 Å². The van der Waals surface area contributed by atoms with Crippen LogP contribution < -0.4 is 10.0 Å². The van der Waals surface area contributed by atoms with Gasteiger partial charge in [0.1, 0.15) is 0 Å². The van der Waals surface area contributed by atoms with Crippen molar-refractivity contribution in [3.8, 4) is 5.69 Å². The van der Waals surface area contributed by atoms with Crippen molar-refractivity contribution < 1.29 is 8.42 Å². The fraction of sp³-hybridized carbons (Fsp3) is 0.222. The van der Waals surface area contributed by atoms with Gasteiger partial charge in [0.2, 0.25) is 0 Å². The van der Waals surface area contributed by atoms with Crippen LogP contribution in [0.5, 0.6) is 0 Å². The molecule has 2 aliphatic heterocycles. The van der Waals surface area contributed by atoms with E-state index in [-0.39, 0.29) is 11.1 Å². The molecule has 7 nitrogen and oxygen atoms in total. The second kappa shape index (κ2) is 5.65. The van der Waals surface area contributed by atoms with Gasteiger partial charge in [-0.25, -0.2) is 0 Å². The Morgan fingerprint density at radius 1 is 1.04 bits per heavy atom. The summed E-state index contributed by atoms with van der Waals surface area (Å²) in [6, 6.07) is 15.4. The lowest BCUT2D eigenvalue weighted by molar-refractivity contribution is 0.590. The van der Waals surface area contributed by atoms with Crippen molar-refractivity contribution in [2.75, 3.05) is 4.72 Å². The molecule has 2 aliphatic rings. The van der Waals surface area contributed by atoms with Gasteiger partial charge >= 0.3 is 0 Å². The molecule has 2 bridgehead atoms. The highest BCUT2D eigenvalue weighted by molar-refractivity contribution is 7.92. The molecule has 8 heteroatoms. The minimum atomic E-state index is -3.83. The Balaban J connectivity index is 1.54. The maximum absolute atomic E-state index is 13.0. The first-order valence-corrected chi connectivity index (χ1v) is 9.99. The molecule has 1 fully saturated rings. The maximum atomic E-state index is 13.0. The zero-order chi connectivity index (χ0) is 17.7. The summed E-state index contributed by atoms with van der Waals surface area (Å²) in [5.74, 6) is 0. The second-order valence-electron chi connectivity index (χ2n) is 6.58. The number of fused-ring (bicyclic) bond motifs is 5. The lowest BCUT2D eigenvalue weighted by Crippen LogP contribution is -2.19. The molecule has 3 aromatic rings. The van der Waals surface area contributed by atoms with Gasteiger partial charge in [-0.15, -0.1) is 5.10 Å². The lowest BCUT2D eigenvalue weighted by Gasteiger charge is -2.18. The van der Waals surface area contributed by atoms with E-state index in [9.17, 15) is 8.42 Å². The van der Waals surface area contributed by atoms with E-state index in [0.29, 0.717) is 17.4 Å². The summed E-state index contributed by atoms with van der Waals surface area (Å²) in [4.78, 5) is 0. The van der Waals surface area contributed by atoms with Gasteiger partial charge < -0.3 is 5.32 Å². The number of hydrogen-bond donors (Lipinski definition) is 2. The third-order valence-electron chi connectivity index (χ3n) is 5.05. The molecule has 0 aliphatic carbocycles. The Bertz CT molecular complexity index is 1080. The lowest BCUT2D eigenvalue weighted by atomic mass is 9.91. The fourth-order valence-electron chi connectivity index (χ4n) is 3.93. The average Bonchev–Trinajstić information content (AvgIpc) is 3.39. The minimum absolute atomic E-state index is 0.0115. The number of benzene rings is 2. The van der Waals surface area contributed by atoms with Crippen LogP contribution in [0, 0.1) is 0 Å². The Morgan fingerprint density at radius 3 is 2.69 bits per heavy atom. The van der Waals surface area contributed by atoms with Gasteiger partial charge in [-0.1, -0.05) is 35.5 Å². The van der Waals surface area contributed by atoms with E-state index in [1.807, 2.05) is 30.3 Å². The summed E-state index contributed by atoms with van der Waals surface area (Å²) in [6.07, 6.45) is 3.39. The summed E-state index contributed by atoms with van der Waals surface area (Å²) in [7, 11) is -3.83. The Labute approximate surface area is 151 Å². The molecule has 2 N–H and O–H groups in total. The first-order chi connectivity index (χ1) is 12.6. The molecule has 5 rings (SSSR count). The van der Waals surface area contributed by atoms with Crippen LogP contribution in [0.15, 0.2) is 59.8 Å². The quantitative estimate of drug-likeness (QED) is 0.740. The highest BCUT2D eigenvalue weighted by atomic mass is 32.2. The van der Waals surface area contributed by atoms with Gasteiger partial charge in [0.15, 0.2) is 5.03 Å². The van der Waals surface area contributed by atoms with E-state index in [0.717, 1.165) is 18.4 Å². The van der Waals surface area contributed by atoms with Gasteiger partial charge in [-0.3, -0.25) is 4.72 Å². The second-order valence-corrected chi connectivity index (χ2v) is 8.21. The van der Waals surface area contributed by atoms with E-state index in [2.05, 4.69) is 26.4 Å². The number of nitrogens with zero attached hydrogens (tertiary/aromatic N) is 3. The monoisotopic (exact) mass is 367 g/mol. The highest BCUT2D eigenvalue weighted by Crippen LogP contribution is 2.48. The predicted octanol–water partition coefficient (Wildman–Crippen LogP) is 2.55. The van der Waals surface area contributed by atoms with Crippen LogP contribution >= 0.6 is 0 Å². The standard InChI is InChI=1S/C18H17N5O2S/c24-26(25,17-11-19-22-23(17)12-5-2-1-3-6-12)21-16-8-4-7-13-14-9-10-15(20-14)18(13)16/h1-8,11,14-15,20-21H,9-10H2. The van der Waals surface area contributed by atoms with Crippen molar-refractivity contribution in [1.82, 2.24) is 20.3 Å². The smallest absolute Gasteiger partial charge is 0.281 e. The molecule has 2 atom stereocenters. The molecule has 0 spiro atoms. The molecular weight excluding hydrogens is 350 g/mol. The van der Waals surface area contributed by atoms with Gasteiger partial charge in [0, 0.05) is 12.1 Å². The van der Waals surface area contributed by atoms with Crippen molar-refractivity contribution in [3.63, 3.8) is 0 Å². The molecular formula is C18H17N5O2S. The number of anilines is 1. The van der Waals surface area contributed by atoms with Crippen LogP contribution in [0.4, 0.5) is 5.69 Å². The summed E-state index contributed by atoms with van der Waals surface area (Å²) in [5.41, 5.74) is 3.52. The molecule has 1 aromatic heterocycles. The zero-order valence-corrected chi connectivity index (χ0v) is 14.6. The number of nitrogens with one attached hydrogen (secondary N) is 2. The maximum Gasteiger partial charge on any atom is 0.281 e. The van der Waals surface area contributed by atoms with Gasteiger partial charge in [0.25, 0.3) is 10.0 Å². The van der Waals surface area contributed by atoms with Crippen molar-refractivity contribution in [1.29, 1.82) is 0 Å². The van der Waals surface area contributed by atoms with Gasteiger partial charge in [0.05, 0.1) is 17.6 Å². The third kappa shape index (κ3) is 2.33. The number of aromatic nitrogens is 3. The van der Waals surface area contributed by atoms with Crippen molar-refractivity contribution in [2.45, 2.75) is 30.0 Å². The van der Waals surface area contributed by atoms with Crippen LogP contribution in [0.1, 0.15) is 36.1 Å². The van der Waals surface area contributed by atoms with Crippen molar-refractivity contribution >= 4 is 15.7 Å². The minimum Gasteiger partial charge on any atom is -0.303 e. The van der Waals surface area contributed by atoms with E-state index in [4.69, 9.17) is 0 Å². The Hall–Kier alpha value is -2.71. The molecule has 2 aromatic carbocycles. The largest absolute Gasteiger partial charge is 0.303 e. The summed E-state index contributed by atoms with van der Waals surface area (Å²) in [6.45, 7) is 0. The third-order valence-corrected chi connectivity index (χ3v) is 6.37. The summed E-state index contributed by atoms with van der Waals surface area (Å²) in [5, 5.41) is 11.3. The Kier molecular flexibility index (Phi) is 3.38. The Morgan fingerprint density at radius 2 is 1.85 bits per heavy atom. The first kappa shape index (κ1) is 15.5. The van der Waals surface area contributed by atoms with E-state index < -0.39 is 10.0 Å². The van der Waals surface area contributed by atoms with Crippen LogP contribution in [0.3, 0.4) is 0 Å². The SMILES string of the molecule is O=S(=O)(Nc1cccc2c1C1CCC2N1)c1cnnn1-c1ccccc1. The normalized spacial score (nSPS) is 20.9. The van der Waals surface area contributed by atoms with E-state index in [1.54, 1.807) is 12.1 Å². The highest BCUT2D eigenvalue weighted by Gasteiger charge is 2.38. The molecule has 1 saturated heterocycles. The average molecular weight is 367 g/mol. The number of sulfonamides is 1. The van der Waals surface area contributed by atoms with Crippen molar-refractivity contribution in [3.05, 3.63) is 65.9 Å². The summed E-state index contributed by atoms with van der Waals surface area (Å²) < 4.78 is 30.1. The van der Waals surface area contributed by atoms with Crippen LogP contribution in [-0.4, -0.2) is 23.4 Å². The molecule has 0 amide bonds.